The summed E-state index contributed by atoms with van der Waals surface area (Å²) in [6.45, 7) is 1.57. The van der Waals surface area contributed by atoms with Crippen molar-refractivity contribution in [2.75, 3.05) is 12.8 Å². The Labute approximate surface area is 93.6 Å². The van der Waals surface area contributed by atoms with E-state index in [-0.39, 0.29) is 6.16 Å². The zero-order chi connectivity index (χ0) is 10.7. The lowest BCUT2D eigenvalue weighted by Crippen LogP contribution is -2.00. The van der Waals surface area contributed by atoms with Crippen LogP contribution in [0.4, 0.5) is 0 Å². The molecule has 1 N–H and O–H groups in total. The predicted molar refractivity (Wildman–Crippen MR) is 59.8 cm³/mol. The van der Waals surface area contributed by atoms with Gasteiger partial charge >= 0.3 is 7.80 Å². The molecule has 1 aromatic carbocycles. The molecular weight excluding hydrogens is 242 g/mol. The summed E-state index contributed by atoms with van der Waals surface area (Å²) in [6.07, 6.45) is -0.565. The first-order chi connectivity index (χ1) is 6.50. The highest BCUT2D eigenvalue weighted by Crippen LogP contribution is 2.30. The molecule has 76 valence electrons. The van der Waals surface area contributed by atoms with Gasteiger partial charge in [-0.2, -0.15) is 0 Å². The van der Waals surface area contributed by atoms with Crippen LogP contribution < -0.4 is 0 Å². The summed E-state index contributed by atoms with van der Waals surface area (Å²) in [5.41, 5.74) is 0.571. The average Bonchev–Trinajstić information content (AvgIpc) is 2.01. The highest BCUT2D eigenvalue weighted by atomic mass is 35.5. The van der Waals surface area contributed by atoms with E-state index < -0.39 is 13.9 Å². The molecule has 0 saturated heterocycles. The average molecular weight is 252 g/mol. The van der Waals surface area contributed by atoms with Crippen LogP contribution in [0.2, 0.25) is 10.0 Å². The number of aliphatic hydroxyl groups is 1. The van der Waals surface area contributed by atoms with E-state index in [4.69, 9.17) is 23.2 Å². The Balaban J connectivity index is 2.90. The zero-order valence-electron chi connectivity index (χ0n) is 7.58. The van der Waals surface area contributed by atoms with Crippen LogP contribution in [-0.4, -0.2) is 17.9 Å². The lowest BCUT2D eigenvalue weighted by atomic mass is 10.1. The van der Waals surface area contributed by atoms with Crippen molar-refractivity contribution in [1.82, 2.24) is 0 Å². The van der Waals surface area contributed by atoms with Gasteiger partial charge in [0.15, 0.2) is 6.16 Å². The molecule has 0 aliphatic carbocycles. The molecular formula is C9H10Cl2O2P+. The minimum atomic E-state index is -1.38. The molecule has 1 rings (SSSR count). The van der Waals surface area contributed by atoms with Gasteiger partial charge in [0.25, 0.3) is 0 Å². The number of hydrogen-bond acceptors (Lipinski definition) is 2. The zero-order valence-corrected chi connectivity index (χ0v) is 9.98. The van der Waals surface area contributed by atoms with E-state index in [1.165, 1.54) is 0 Å². The molecule has 0 heterocycles. The van der Waals surface area contributed by atoms with Crippen LogP contribution in [-0.2, 0) is 4.57 Å². The van der Waals surface area contributed by atoms with E-state index in [2.05, 4.69) is 0 Å². The fraction of sp³-hybridized carbons (Fsp3) is 0.333. The van der Waals surface area contributed by atoms with E-state index in [0.717, 1.165) is 0 Å². The maximum atomic E-state index is 10.9. The highest BCUT2D eigenvalue weighted by Gasteiger charge is 2.19. The first-order valence-electron chi connectivity index (χ1n) is 4.02. The molecule has 2 atom stereocenters. The maximum Gasteiger partial charge on any atom is 0.338 e. The van der Waals surface area contributed by atoms with Crippen LogP contribution in [0.1, 0.15) is 11.7 Å². The minimum absolute atomic E-state index is 0.219. The van der Waals surface area contributed by atoms with Crippen molar-refractivity contribution >= 4 is 31.0 Å². The number of halogens is 2. The first-order valence-corrected chi connectivity index (χ1v) is 6.67. The van der Waals surface area contributed by atoms with Crippen molar-refractivity contribution in [1.29, 1.82) is 0 Å². The molecule has 0 fully saturated rings. The van der Waals surface area contributed by atoms with Crippen molar-refractivity contribution in [2.24, 2.45) is 0 Å². The summed E-state index contributed by atoms with van der Waals surface area (Å²) in [4.78, 5) is 0. The van der Waals surface area contributed by atoms with Crippen LogP contribution in [0.5, 0.6) is 0 Å². The Morgan fingerprint density at radius 1 is 1.50 bits per heavy atom. The number of rotatable bonds is 3. The standard InChI is InChI=1S/C9H10Cl2O2P/c1-14(13)5-9(12)7-3-2-6(10)4-8(7)11/h2-4,9,12H,5H2,1H3/q+1. The second-order valence-electron chi connectivity index (χ2n) is 2.99. The predicted octanol–water partition coefficient (Wildman–Crippen LogP) is 3.48. The normalized spacial score (nSPS) is 13.9. The number of benzene rings is 1. The molecule has 0 saturated carbocycles. The largest absolute Gasteiger partial charge is 0.384 e. The first kappa shape index (κ1) is 11.9. The van der Waals surface area contributed by atoms with Gasteiger partial charge in [-0.15, -0.1) is 0 Å². The number of hydrogen-bond donors (Lipinski definition) is 1. The van der Waals surface area contributed by atoms with Gasteiger partial charge in [0, 0.05) is 15.6 Å². The van der Waals surface area contributed by atoms with E-state index >= 15 is 0 Å². The van der Waals surface area contributed by atoms with Gasteiger partial charge in [0.1, 0.15) is 12.8 Å². The summed E-state index contributed by atoms with van der Waals surface area (Å²) in [6, 6.07) is 4.85. The summed E-state index contributed by atoms with van der Waals surface area (Å²) in [5.74, 6) is 0. The molecule has 0 amide bonds. The Morgan fingerprint density at radius 3 is 2.64 bits per heavy atom. The quantitative estimate of drug-likeness (QED) is 0.836. The molecule has 0 aliphatic heterocycles. The molecule has 5 heteroatoms. The van der Waals surface area contributed by atoms with Crippen molar-refractivity contribution in [2.45, 2.75) is 6.10 Å². The molecule has 0 spiro atoms. The smallest absolute Gasteiger partial charge is 0.338 e. The third-order valence-electron chi connectivity index (χ3n) is 1.75. The van der Waals surface area contributed by atoms with Gasteiger partial charge in [-0.05, 0) is 12.1 Å². The Hall–Kier alpha value is -0.140. The van der Waals surface area contributed by atoms with Crippen molar-refractivity contribution in [3.8, 4) is 0 Å². The fourth-order valence-corrected chi connectivity index (χ4v) is 2.33. The second kappa shape index (κ2) is 5.09. The molecule has 2 nitrogen and oxygen atoms in total. The van der Waals surface area contributed by atoms with E-state index in [0.29, 0.717) is 15.6 Å². The van der Waals surface area contributed by atoms with Crippen LogP contribution in [0.15, 0.2) is 18.2 Å². The van der Waals surface area contributed by atoms with E-state index in [1.54, 1.807) is 24.9 Å². The van der Waals surface area contributed by atoms with Gasteiger partial charge in [-0.25, -0.2) is 0 Å². The SMILES string of the molecule is C[P+](=O)CC(O)c1ccc(Cl)cc1Cl. The third-order valence-corrected chi connectivity index (χ3v) is 3.17. The Morgan fingerprint density at radius 2 is 2.14 bits per heavy atom. The molecule has 1 aromatic rings. The van der Waals surface area contributed by atoms with Crippen LogP contribution in [0.3, 0.4) is 0 Å². The maximum absolute atomic E-state index is 10.9. The molecule has 0 radical (unpaired) electrons. The topological polar surface area (TPSA) is 37.3 Å². The van der Waals surface area contributed by atoms with Crippen LogP contribution >= 0.6 is 31.0 Å². The summed E-state index contributed by atoms with van der Waals surface area (Å²) < 4.78 is 10.9. The van der Waals surface area contributed by atoms with E-state index in [9.17, 15) is 9.67 Å². The molecule has 14 heavy (non-hydrogen) atoms. The molecule has 0 aliphatic rings. The second-order valence-corrected chi connectivity index (χ2v) is 5.46. The monoisotopic (exact) mass is 251 g/mol. The summed E-state index contributed by atoms with van der Waals surface area (Å²) in [5, 5.41) is 10.6. The molecule has 2 unspecified atom stereocenters. The van der Waals surface area contributed by atoms with Gasteiger partial charge in [0.05, 0.1) is 0 Å². The van der Waals surface area contributed by atoms with Gasteiger partial charge in [-0.1, -0.05) is 33.8 Å². The molecule has 0 bridgehead atoms. The van der Waals surface area contributed by atoms with Gasteiger partial charge in [-0.3, -0.25) is 0 Å². The Kier molecular flexibility index (Phi) is 4.33. The van der Waals surface area contributed by atoms with Crippen LogP contribution in [0.25, 0.3) is 0 Å². The lowest BCUT2D eigenvalue weighted by Gasteiger charge is -2.07. The summed E-state index contributed by atoms with van der Waals surface area (Å²) in [7, 11) is -1.38. The fourth-order valence-electron chi connectivity index (χ4n) is 1.11. The highest BCUT2D eigenvalue weighted by molar-refractivity contribution is 7.43. The molecule has 0 aromatic heterocycles. The van der Waals surface area contributed by atoms with Crippen molar-refractivity contribution in [3.63, 3.8) is 0 Å². The van der Waals surface area contributed by atoms with Crippen molar-refractivity contribution < 1.29 is 9.67 Å². The van der Waals surface area contributed by atoms with Gasteiger partial charge in [0.2, 0.25) is 0 Å². The lowest BCUT2D eigenvalue weighted by molar-refractivity contribution is 0.202. The minimum Gasteiger partial charge on any atom is -0.384 e. The van der Waals surface area contributed by atoms with Crippen molar-refractivity contribution in [3.05, 3.63) is 33.8 Å². The van der Waals surface area contributed by atoms with Crippen LogP contribution in [0, 0.1) is 0 Å². The third kappa shape index (κ3) is 3.21. The number of aliphatic hydroxyl groups excluding tert-OH is 1. The van der Waals surface area contributed by atoms with Gasteiger partial charge < -0.3 is 5.11 Å². The van der Waals surface area contributed by atoms with E-state index in [1.807, 2.05) is 0 Å². The Bertz CT molecular complexity index is 355. The summed E-state index contributed by atoms with van der Waals surface area (Å²) >= 11 is 11.6.